The van der Waals surface area contributed by atoms with Crippen molar-refractivity contribution in [1.29, 1.82) is 0 Å². The van der Waals surface area contributed by atoms with E-state index < -0.39 is 17.9 Å². The van der Waals surface area contributed by atoms with Gasteiger partial charge in [0.05, 0.1) is 12.1 Å². The lowest BCUT2D eigenvalue weighted by Gasteiger charge is -2.41. The molecule has 2 atom stereocenters. The van der Waals surface area contributed by atoms with Crippen molar-refractivity contribution in [3.05, 3.63) is 30.3 Å². The van der Waals surface area contributed by atoms with Crippen molar-refractivity contribution in [2.75, 3.05) is 18.0 Å². The first-order chi connectivity index (χ1) is 10.2. The number of nitrogens with zero attached hydrogens (tertiary/aromatic N) is 2. The molecular weight excluding hydrogens is 268 g/mol. The Hall–Kier alpha value is -1.88. The van der Waals surface area contributed by atoms with E-state index in [1.54, 1.807) is 4.90 Å². The number of rotatable bonds is 2. The second-order valence-corrected chi connectivity index (χ2v) is 5.71. The molecule has 21 heavy (non-hydrogen) atoms. The van der Waals surface area contributed by atoms with Crippen molar-refractivity contribution in [2.24, 2.45) is 0 Å². The van der Waals surface area contributed by atoms with Crippen molar-refractivity contribution in [3.63, 3.8) is 0 Å². The topological polar surface area (TPSA) is 60.9 Å². The van der Waals surface area contributed by atoms with Crippen LogP contribution in [-0.4, -0.2) is 47.1 Å². The van der Waals surface area contributed by atoms with Crippen LogP contribution in [0.15, 0.2) is 30.3 Å². The first-order valence-electron chi connectivity index (χ1n) is 7.54. The standard InChI is InChI=1S/C16H20N2O3/c19-14-9-5-4-8-13(14)18-11-10-17(15(20)16(18)21)12-6-2-1-3-7-12/h1-3,6-7,13-14,19H,4-5,8-11H2. The van der Waals surface area contributed by atoms with Gasteiger partial charge in [-0.05, 0) is 25.0 Å². The number of carbonyl (C=O) groups excluding carboxylic acids is 2. The zero-order chi connectivity index (χ0) is 14.8. The highest BCUT2D eigenvalue weighted by Crippen LogP contribution is 2.26. The van der Waals surface area contributed by atoms with Crippen LogP contribution in [0.5, 0.6) is 0 Å². The quantitative estimate of drug-likeness (QED) is 0.831. The Kier molecular flexibility index (Phi) is 3.92. The van der Waals surface area contributed by atoms with Crippen LogP contribution in [0.25, 0.3) is 0 Å². The highest BCUT2D eigenvalue weighted by atomic mass is 16.3. The number of benzene rings is 1. The third-order valence-electron chi connectivity index (χ3n) is 4.42. The predicted octanol–water partition coefficient (Wildman–Crippen LogP) is 1.17. The third-order valence-corrected chi connectivity index (χ3v) is 4.42. The Bertz CT molecular complexity index is 532. The summed E-state index contributed by atoms with van der Waals surface area (Å²) in [6.45, 7) is 0.971. The zero-order valence-corrected chi connectivity index (χ0v) is 11.9. The van der Waals surface area contributed by atoms with E-state index >= 15 is 0 Å². The molecule has 1 saturated heterocycles. The maximum atomic E-state index is 12.4. The van der Waals surface area contributed by atoms with Crippen LogP contribution in [-0.2, 0) is 9.59 Å². The van der Waals surface area contributed by atoms with Crippen LogP contribution < -0.4 is 4.90 Å². The monoisotopic (exact) mass is 288 g/mol. The lowest BCUT2D eigenvalue weighted by Crippen LogP contribution is -2.60. The van der Waals surface area contributed by atoms with E-state index in [0.717, 1.165) is 24.9 Å². The third kappa shape index (κ3) is 2.65. The van der Waals surface area contributed by atoms with Crippen LogP contribution in [0.2, 0.25) is 0 Å². The molecule has 1 heterocycles. The molecular formula is C16H20N2O3. The van der Waals surface area contributed by atoms with Gasteiger partial charge in [0.25, 0.3) is 0 Å². The molecule has 2 unspecified atom stereocenters. The second kappa shape index (κ2) is 5.85. The molecule has 5 nitrogen and oxygen atoms in total. The van der Waals surface area contributed by atoms with Gasteiger partial charge in [0, 0.05) is 18.8 Å². The number of anilines is 1. The largest absolute Gasteiger partial charge is 0.391 e. The Labute approximate surface area is 124 Å². The van der Waals surface area contributed by atoms with Gasteiger partial charge < -0.3 is 14.9 Å². The minimum atomic E-state index is -0.501. The lowest BCUT2D eigenvalue weighted by atomic mass is 9.91. The summed E-state index contributed by atoms with van der Waals surface area (Å²) >= 11 is 0. The Morgan fingerprint density at radius 1 is 0.952 bits per heavy atom. The number of aliphatic hydroxyl groups excluding tert-OH is 1. The maximum Gasteiger partial charge on any atom is 0.316 e. The molecule has 0 bridgehead atoms. The summed E-state index contributed by atoms with van der Waals surface area (Å²) in [6.07, 6.45) is 2.99. The fourth-order valence-electron chi connectivity index (χ4n) is 3.28. The maximum absolute atomic E-state index is 12.4. The van der Waals surface area contributed by atoms with Crippen molar-refractivity contribution < 1.29 is 14.7 Å². The summed E-state index contributed by atoms with van der Waals surface area (Å²) in [5.74, 6) is -0.985. The van der Waals surface area contributed by atoms with Crippen molar-refractivity contribution in [2.45, 2.75) is 37.8 Å². The summed E-state index contributed by atoms with van der Waals surface area (Å²) in [6, 6.07) is 9.04. The Morgan fingerprint density at radius 3 is 2.38 bits per heavy atom. The van der Waals surface area contributed by atoms with E-state index in [1.807, 2.05) is 30.3 Å². The average Bonchev–Trinajstić information content (AvgIpc) is 2.52. The number of para-hydroxylation sites is 1. The van der Waals surface area contributed by atoms with Gasteiger partial charge in [-0.25, -0.2) is 0 Å². The van der Waals surface area contributed by atoms with Gasteiger partial charge in [-0.3, -0.25) is 9.59 Å². The van der Waals surface area contributed by atoms with E-state index in [9.17, 15) is 14.7 Å². The molecule has 3 rings (SSSR count). The number of carbonyl (C=O) groups is 2. The smallest absolute Gasteiger partial charge is 0.316 e. The van der Waals surface area contributed by atoms with Crippen molar-refractivity contribution in [3.8, 4) is 0 Å². The van der Waals surface area contributed by atoms with E-state index in [1.165, 1.54) is 4.90 Å². The molecule has 1 aliphatic carbocycles. The molecule has 0 radical (unpaired) electrons. The van der Waals surface area contributed by atoms with Crippen LogP contribution in [0.3, 0.4) is 0 Å². The first-order valence-corrected chi connectivity index (χ1v) is 7.54. The minimum absolute atomic E-state index is 0.201. The highest BCUT2D eigenvalue weighted by Gasteiger charge is 2.39. The number of aliphatic hydroxyl groups is 1. The molecule has 1 N–H and O–H groups in total. The molecule has 5 heteroatoms. The van der Waals surface area contributed by atoms with Gasteiger partial charge >= 0.3 is 11.8 Å². The first kappa shape index (κ1) is 14.1. The van der Waals surface area contributed by atoms with Gasteiger partial charge in [-0.2, -0.15) is 0 Å². The number of piperazine rings is 1. The van der Waals surface area contributed by atoms with Gasteiger partial charge in [0.2, 0.25) is 0 Å². The summed E-state index contributed by atoms with van der Waals surface area (Å²) in [4.78, 5) is 27.8. The van der Waals surface area contributed by atoms with Gasteiger partial charge in [0.15, 0.2) is 0 Å². The van der Waals surface area contributed by atoms with Crippen LogP contribution in [0.4, 0.5) is 5.69 Å². The normalized spacial score (nSPS) is 27.1. The summed E-state index contributed by atoms with van der Waals surface area (Å²) in [5.41, 5.74) is 0.750. The molecule has 1 aliphatic heterocycles. The number of amides is 2. The highest BCUT2D eigenvalue weighted by molar-refractivity contribution is 6.41. The minimum Gasteiger partial charge on any atom is -0.391 e. The van der Waals surface area contributed by atoms with Crippen molar-refractivity contribution >= 4 is 17.5 Å². The molecule has 0 aromatic heterocycles. The van der Waals surface area contributed by atoms with E-state index in [4.69, 9.17) is 0 Å². The summed E-state index contributed by atoms with van der Waals surface area (Å²) < 4.78 is 0. The average molecular weight is 288 g/mol. The van der Waals surface area contributed by atoms with E-state index in [2.05, 4.69) is 0 Å². The fourth-order valence-corrected chi connectivity index (χ4v) is 3.28. The zero-order valence-electron chi connectivity index (χ0n) is 11.9. The lowest BCUT2D eigenvalue weighted by molar-refractivity contribution is -0.150. The van der Waals surface area contributed by atoms with Crippen LogP contribution >= 0.6 is 0 Å². The fraction of sp³-hybridized carbons (Fsp3) is 0.500. The Morgan fingerprint density at radius 2 is 1.67 bits per heavy atom. The SMILES string of the molecule is O=C1C(=O)N(C2CCCCC2O)CCN1c1ccccc1. The van der Waals surface area contributed by atoms with Gasteiger partial charge in [-0.15, -0.1) is 0 Å². The molecule has 2 amide bonds. The summed E-state index contributed by atoms with van der Waals surface area (Å²) in [7, 11) is 0. The van der Waals surface area contributed by atoms with Crippen molar-refractivity contribution in [1.82, 2.24) is 4.90 Å². The summed E-state index contributed by atoms with van der Waals surface area (Å²) in [5, 5.41) is 10.1. The predicted molar refractivity (Wildman–Crippen MR) is 78.8 cm³/mol. The number of hydrogen-bond donors (Lipinski definition) is 1. The van der Waals surface area contributed by atoms with Gasteiger partial charge in [0.1, 0.15) is 0 Å². The molecule has 2 aliphatic rings. The van der Waals surface area contributed by atoms with E-state index in [0.29, 0.717) is 19.5 Å². The molecule has 112 valence electrons. The second-order valence-electron chi connectivity index (χ2n) is 5.71. The van der Waals surface area contributed by atoms with E-state index in [-0.39, 0.29) is 6.04 Å². The molecule has 0 spiro atoms. The Balaban J connectivity index is 1.76. The molecule has 2 fully saturated rings. The molecule has 1 aromatic carbocycles. The van der Waals surface area contributed by atoms with Crippen LogP contribution in [0, 0.1) is 0 Å². The van der Waals surface area contributed by atoms with Crippen LogP contribution in [0.1, 0.15) is 25.7 Å². The molecule has 1 aromatic rings. The molecule has 1 saturated carbocycles. The number of hydrogen-bond acceptors (Lipinski definition) is 3. The van der Waals surface area contributed by atoms with Gasteiger partial charge in [-0.1, -0.05) is 31.0 Å².